The van der Waals surface area contributed by atoms with Crippen LogP contribution in [0.3, 0.4) is 0 Å². The molecule has 5 nitrogen and oxygen atoms in total. The molecule has 16 heavy (non-hydrogen) atoms. The molecule has 92 valence electrons. The predicted octanol–water partition coefficient (Wildman–Crippen LogP) is -0.212. The van der Waals surface area contributed by atoms with Gasteiger partial charge in [-0.25, -0.2) is 0 Å². The van der Waals surface area contributed by atoms with E-state index in [0.29, 0.717) is 13.2 Å². The highest BCUT2D eigenvalue weighted by Crippen LogP contribution is 2.17. The Hall–Kier alpha value is -0.940. The molecule has 0 aromatic carbocycles. The van der Waals surface area contributed by atoms with E-state index in [-0.39, 0.29) is 24.3 Å². The van der Waals surface area contributed by atoms with Crippen LogP contribution >= 0.6 is 0 Å². The maximum atomic E-state index is 11.9. The van der Waals surface area contributed by atoms with Crippen molar-refractivity contribution in [1.82, 2.24) is 4.90 Å². The fourth-order valence-corrected chi connectivity index (χ4v) is 1.51. The van der Waals surface area contributed by atoms with E-state index in [1.807, 2.05) is 20.8 Å². The molecule has 1 saturated heterocycles. The normalized spacial score (nSPS) is 23.1. The van der Waals surface area contributed by atoms with Gasteiger partial charge in [-0.3, -0.25) is 14.5 Å². The highest BCUT2D eigenvalue weighted by Gasteiger charge is 2.31. The first-order valence-electron chi connectivity index (χ1n) is 5.47. The van der Waals surface area contributed by atoms with E-state index in [4.69, 9.17) is 10.5 Å². The standard InChI is InChI=1S/C11H20N2O3/c1-11(2,3)9(14)6-13-4-5-16-7-8(13)10(12)15/h8H,4-7H2,1-3H3,(H2,12,15). The molecule has 1 atom stereocenters. The fraction of sp³-hybridized carbons (Fsp3) is 0.818. The molecule has 1 heterocycles. The van der Waals surface area contributed by atoms with Crippen molar-refractivity contribution in [1.29, 1.82) is 0 Å². The van der Waals surface area contributed by atoms with Gasteiger partial charge in [-0.05, 0) is 0 Å². The number of carbonyl (C=O) groups is 2. The van der Waals surface area contributed by atoms with Gasteiger partial charge in [0.1, 0.15) is 6.04 Å². The zero-order valence-corrected chi connectivity index (χ0v) is 10.2. The number of ketones is 1. The smallest absolute Gasteiger partial charge is 0.237 e. The van der Waals surface area contributed by atoms with Gasteiger partial charge in [0.15, 0.2) is 5.78 Å². The van der Waals surface area contributed by atoms with E-state index in [0.717, 1.165) is 0 Å². The molecule has 0 aliphatic carbocycles. The number of nitrogens with two attached hydrogens (primary N) is 1. The Morgan fingerprint density at radius 3 is 2.56 bits per heavy atom. The molecule has 0 bridgehead atoms. The maximum Gasteiger partial charge on any atom is 0.237 e. The Labute approximate surface area is 95.9 Å². The average Bonchev–Trinajstić information content (AvgIpc) is 2.16. The summed E-state index contributed by atoms with van der Waals surface area (Å²) in [5, 5.41) is 0. The Kier molecular flexibility index (Phi) is 4.04. The molecule has 5 heteroatoms. The van der Waals surface area contributed by atoms with Crippen molar-refractivity contribution in [3.05, 3.63) is 0 Å². The van der Waals surface area contributed by atoms with Crippen LogP contribution in [0.2, 0.25) is 0 Å². The molecule has 1 unspecified atom stereocenters. The van der Waals surface area contributed by atoms with Crippen molar-refractivity contribution in [2.75, 3.05) is 26.3 Å². The lowest BCUT2D eigenvalue weighted by Gasteiger charge is -2.34. The van der Waals surface area contributed by atoms with Crippen LogP contribution in [-0.2, 0) is 14.3 Å². The van der Waals surface area contributed by atoms with E-state index in [1.54, 1.807) is 4.90 Å². The number of carbonyl (C=O) groups excluding carboxylic acids is 2. The van der Waals surface area contributed by atoms with E-state index in [2.05, 4.69) is 0 Å². The summed E-state index contributed by atoms with van der Waals surface area (Å²) in [7, 11) is 0. The second-order valence-corrected chi connectivity index (χ2v) is 5.14. The minimum absolute atomic E-state index is 0.112. The monoisotopic (exact) mass is 228 g/mol. The predicted molar refractivity (Wildman–Crippen MR) is 59.8 cm³/mol. The number of primary amides is 1. The van der Waals surface area contributed by atoms with Crippen LogP contribution in [0, 0.1) is 5.41 Å². The summed E-state index contributed by atoms with van der Waals surface area (Å²) in [6.45, 7) is 7.28. The highest BCUT2D eigenvalue weighted by atomic mass is 16.5. The number of rotatable bonds is 3. The summed E-state index contributed by atoms with van der Waals surface area (Å²) in [6.07, 6.45) is 0. The lowest BCUT2D eigenvalue weighted by atomic mass is 9.90. The van der Waals surface area contributed by atoms with E-state index < -0.39 is 11.9 Å². The van der Waals surface area contributed by atoms with Crippen LogP contribution < -0.4 is 5.73 Å². The van der Waals surface area contributed by atoms with Gasteiger partial charge in [-0.2, -0.15) is 0 Å². The van der Waals surface area contributed by atoms with Crippen molar-refractivity contribution in [2.45, 2.75) is 26.8 Å². The first-order chi connectivity index (χ1) is 7.32. The van der Waals surface area contributed by atoms with Gasteiger partial charge in [0.2, 0.25) is 5.91 Å². The Balaban J connectivity index is 2.63. The molecule has 2 N–H and O–H groups in total. The Morgan fingerprint density at radius 2 is 2.06 bits per heavy atom. The summed E-state index contributed by atoms with van der Waals surface area (Å²) in [5.74, 6) is -0.318. The number of nitrogens with zero attached hydrogens (tertiary/aromatic N) is 1. The van der Waals surface area contributed by atoms with Crippen LogP contribution in [0.25, 0.3) is 0 Å². The molecule has 1 amide bonds. The lowest BCUT2D eigenvalue weighted by Crippen LogP contribution is -2.54. The van der Waals surface area contributed by atoms with Crippen molar-refractivity contribution in [2.24, 2.45) is 11.1 Å². The third kappa shape index (κ3) is 3.28. The van der Waals surface area contributed by atoms with Crippen LogP contribution in [0.4, 0.5) is 0 Å². The molecule has 0 spiro atoms. The largest absolute Gasteiger partial charge is 0.378 e. The van der Waals surface area contributed by atoms with Crippen LogP contribution in [-0.4, -0.2) is 48.9 Å². The fourth-order valence-electron chi connectivity index (χ4n) is 1.51. The van der Waals surface area contributed by atoms with Crippen molar-refractivity contribution in [3.63, 3.8) is 0 Å². The second-order valence-electron chi connectivity index (χ2n) is 5.14. The van der Waals surface area contributed by atoms with Crippen molar-refractivity contribution in [3.8, 4) is 0 Å². The number of Topliss-reactive ketones (excluding diaryl/α,β-unsaturated/α-hetero) is 1. The maximum absolute atomic E-state index is 11.9. The summed E-state index contributed by atoms with van der Waals surface area (Å²) in [5.41, 5.74) is 4.88. The average molecular weight is 228 g/mol. The number of hydrogen-bond acceptors (Lipinski definition) is 4. The summed E-state index contributed by atoms with van der Waals surface area (Å²) in [4.78, 5) is 24.9. The van der Waals surface area contributed by atoms with E-state index in [9.17, 15) is 9.59 Å². The zero-order valence-electron chi connectivity index (χ0n) is 10.2. The molecular formula is C11H20N2O3. The Bertz CT molecular complexity index is 283. The summed E-state index contributed by atoms with van der Waals surface area (Å²) < 4.78 is 5.19. The summed E-state index contributed by atoms with van der Waals surface area (Å²) in [6, 6.07) is -0.472. The first-order valence-corrected chi connectivity index (χ1v) is 5.47. The van der Waals surface area contributed by atoms with Crippen molar-refractivity contribution >= 4 is 11.7 Å². The third-order valence-electron chi connectivity index (χ3n) is 2.75. The quantitative estimate of drug-likeness (QED) is 0.725. The van der Waals surface area contributed by atoms with Gasteiger partial charge < -0.3 is 10.5 Å². The molecule has 1 rings (SSSR count). The molecule has 1 fully saturated rings. The van der Waals surface area contributed by atoms with Crippen LogP contribution in [0.5, 0.6) is 0 Å². The van der Waals surface area contributed by atoms with Gasteiger partial charge in [0, 0.05) is 12.0 Å². The molecular weight excluding hydrogens is 208 g/mol. The molecule has 0 aromatic heterocycles. The minimum atomic E-state index is -0.472. The third-order valence-corrected chi connectivity index (χ3v) is 2.75. The van der Waals surface area contributed by atoms with E-state index >= 15 is 0 Å². The zero-order chi connectivity index (χ0) is 12.3. The van der Waals surface area contributed by atoms with E-state index in [1.165, 1.54) is 0 Å². The van der Waals surface area contributed by atoms with Gasteiger partial charge in [-0.1, -0.05) is 20.8 Å². The van der Waals surface area contributed by atoms with Gasteiger partial charge in [-0.15, -0.1) is 0 Å². The molecule has 1 aliphatic heterocycles. The Morgan fingerprint density at radius 1 is 1.44 bits per heavy atom. The highest BCUT2D eigenvalue weighted by molar-refractivity contribution is 5.87. The minimum Gasteiger partial charge on any atom is -0.378 e. The molecule has 0 saturated carbocycles. The molecule has 1 aliphatic rings. The molecule has 0 aromatic rings. The topological polar surface area (TPSA) is 72.6 Å². The van der Waals surface area contributed by atoms with Crippen molar-refractivity contribution < 1.29 is 14.3 Å². The van der Waals surface area contributed by atoms with Gasteiger partial charge >= 0.3 is 0 Å². The van der Waals surface area contributed by atoms with Crippen LogP contribution in [0.1, 0.15) is 20.8 Å². The first kappa shape index (κ1) is 13.1. The van der Waals surface area contributed by atoms with Crippen LogP contribution in [0.15, 0.2) is 0 Å². The number of morpholine rings is 1. The summed E-state index contributed by atoms with van der Waals surface area (Å²) >= 11 is 0. The number of amides is 1. The number of ether oxygens (including phenoxy) is 1. The lowest BCUT2D eigenvalue weighted by molar-refractivity contribution is -0.135. The molecule has 0 radical (unpaired) electrons. The number of hydrogen-bond donors (Lipinski definition) is 1. The van der Waals surface area contributed by atoms with Gasteiger partial charge in [0.25, 0.3) is 0 Å². The second kappa shape index (κ2) is 4.93. The SMILES string of the molecule is CC(C)(C)C(=O)CN1CCOCC1C(N)=O. The van der Waals surface area contributed by atoms with Gasteiger partial charge in [0.05, 0.1) is 19.8 Å².